The van der Waals surface area contributed by atoms with E-state index in [1.165, 1.54) is 0 Å². The molecular weight excluding hydrogens is 254 g/mol. The standard InChI is InChI=1S/C15H21N3O2/c1-11-7-8-16-9-13(11)18-14(19)10-17-15(20)12-5-3-2-4-6-12/h2-6,11,13,16H,7-10H2,1H3,(H,17,20)(H,18,19). The zero-order chi connectivity index (χ0) is 14.4. The minimum absolute atomic E-state index is 0.0109. The lowest BCUT2D eigenvalue weighted by molar-refractivity contribution is -0.121. The molecule has 0 radical (unpaired) electrons. The number of carbonyl (C=O) groups is 2. The average molecular weight is 275 g/mol. The molecule has 3 N–H and O–H groups in total. The number of carbonyl (C=O) groups excluding carboxylic acids is 2. The largest absolute Gasteiger partial charge is 0.350 e. The topological polar surface area (TPSA) is 70.2 Å². The van der Waals surface area contributed by atoms with E-state index in [0.717, 1.165) is 19.5 Å². The van der Waals surface area contributed by atoms with Crippen LogP contribution in [0, 0.1) is 5.92 Å². The van der Waals surface area contributed by atoms with Gasteiger partial charge in [-0.05, 0) is 31.0 Å². The molecule has 0 saturated carbocycles. The van der Waals surface area contributed by atoms with Crippen LogP contribution in [0.15, 0.2) is 30.3 Å². The van der Waals surface area contributed by atoms with Crippen molar-refractivity contribution in [2.24, 2.45) is 5.92 Å². The molecule has 2 atom stereocenters. The van der Waals surface area contributed by atoms with Crippen molar-refractivity contribution in [3.05, 3.63) is 35.9 Å². The van der Waals surface area contributed by atoms with E-state index in [1.54, 1.807) is 24.3 Å². The normalized spacial score (nSPS) is 22.1. The van der Waals surface area contributed by atoms with Crippen molar-refractivity contribution in [2.45, 2.75) is 19.4 Å². The number of benzene rings is 1. The van der Waals surface area contributed by atoms with Crippen molar-refractivity contribution in [3.8, 4) is 0 Å². The van der Waals surface area contributed by atoms with Gasteiger partial charge in [-0.25, -0.2) is 0 Å². The van der Waals surface area contributed by atoms with Crippen molar-refractivity contribution < 1.29 is 9.59 Å². The van der Waals surface area contributed by atoms with E-state index in [2.05, 4.69) is 22.9 Å². The lowest BCUT2D eigenvalue weighted by atomic mass is 9.95. The van der Waals surface area contributed by atoms with Gasteiger partial charge in [0, 0.05) is 18.2 Å². The van der Waals surface area contributed by atoms with Crippen molar-refractivity contribution >= 4 is 11.8 Å². The third-order valence-electron chi connectivity index (χ3n) is 3.62. The second kappa shape index (κ2) is 7.05. The van der Waals surface area contributed by atoms with E-state index in [0.29, 0.717) is 11.5 Å². The fourth-order valence-electron chi connectivity index (χ4n) is 2.29. The highest BCUT2D eigenvalue weighted by atomic mass is 16.2. The molecule has 0 aliphatic carbocycles. The van der Waals surface area contributed by atoms with E-state index in [9.17, 15) is 9.59 Å². The van der Waals surface area contributed by atoms with Crippen LogP contribution in [0.3, 0.4) is 0 Å². The first kappa shape index (κ1) is 14.5. The first-order chi connectivity index (χ1) is 9.66. The molecule has 5 heteroatoms. The lowest BCUT2D eigenvalue weighted by Crippen LogP contribution is -2.52. The molecule has 1 aromatic rings. The van der Waals surface area contributed by atoms with E-state index < -0.39 is 0 Å². The van der Waals surface area contributed by atoms with Crippen LogP contribution in [0.2, 0.25) is 0 Å². The zero-order valence-corrected chi connectivity index (χ0v) is 11.7. The van der Waals surface area contributed by atoms with Gasteiger partial charge in [-0.15, -0.1) is 0 Å². The highest BCUT2D eigenvalue weighted by molar-refractivity contribution is 5.96. The second-order valence-corrected chi connectivity index (χ2v) is 5.19. The van der Waals surface area contributed by atoms with Crippen LogP contribution in [-0.2, 0) is 4.79 Å². The van der Waals surface area contributed by atoms with Gasteiger partial charge in [-0.3, -0.25) is 9.59 Å². The molecule has 2 unspecified atom stereocenters. The van der Waals surface area contributed by atoms with Crippen LogP contribution < -0.4 is 16.0 Å². The van der Waals surface area contributed by atoms with E-state index in [-0.39, 0.29) is 24.4 Å². The van der Waals surface area contributed by atoms with Crippen LogP contribution in [0.1, 0.15) is 23.7 Å². The van der Waals surface area contributed by atoms with Gasteiger partial charge in [0.2, 0.25) is 5.91 Å². The van der Waals surface area contributed by atoms with Crippen LogP contribution in [0.4, 0.5) is 0 Å². The van der Waals surface area contributed by atoms with E-state index in [1.807, 2.05) is 6.07 Å². The summed E-state index contributed by atoms with van der Waals surface area (Å²) in [6.45, 7) is 3.93. The lowest BCUT2D eigenvalue weighted by Gasteiger charge is -2.30. The second-order valence-electron chi connectivity index (χ2n) is 5.19. The van der Waals surface area contributed by atoms with Gasteiger partial charge in [-0.2, -0.15) is 0 Å². The summed E-state index contributed by atoms with van der Waals surface area (Å²) in [4.78, 5) is 23.6. The highest BCUT2D eigenvalue weighted by Crippen LogP contribution is 2.10. The summed E-state index contributed by atoms with van der Waals surface area (Å²) < 4.78 is 0. The summed E-state index contributed by atoms with van der Waals surface area (Å²) >= 11 is 0. The molecule has 1 fully saturated rings. The van der Waals surface area contributed by atoms with Crippen LogP contribution in [0.25, 0.3) is 0 Å². The Balaban J connectivity index is 1.76. The van der Waals surface area contributed by atoms with Gasteiger partial charge < -0.3 is 16.0 Å². The Bertz CT molecular complexity index is 461. The Kier molecular flexibility index (Phi) is 5.12. The molecular formula is C15H21N3O2. The number of hydrogen-bond acceptors (Lipinski definition) is 3. The highest BCUT2D eigenvalue weighted by Gasteiger charge is 2.22. The maximum atomic E-state index is 11.8. The van der Waals surface area contributed by atoms with E-state index in [4.69, 9.17) is 0 Å². The maximum absolute atomic E-state index is 11.8. The molecule has 1 saturated heterocycles. The molecule has 0 spiro atoms. The summed E-state index contributed by atoms with van der Waals surface area (Å²) in [5, 5.41) is 8.85. The zero-order valence-electron chi connectivity index (χ0n) is 11.7. The third kappa shape index (κ3) is 4.06. The van der Waals surface area contributed by atoms with Gasteiger partial charge in [0.25, 0.3) is 5.91 Å². The quantitative estimate of drug-likeness (QED) is 0.751. The van der Waals surface area contributed by atoms with Crippen molar-refractivity contribution in [2.75, 3.05) is 19.6 Å². The van der Waals surface area contributed by atoms with Gasteiger partial charge >= 0.3 is 0 Å². The fraction of sp³-hybridized carbons (Fsp3) is 0.467. The predicted octanol–water partition coefficient (Wildman–Crippen LogP) is 0.531. The van der Waals surface area contributed by atoms with Crippen molar-refractivity contribution in [3.63, 3.8) is 0 Å². The summed E-state index contributed by atoms with van der Waals surface area (Å²) in [6, 6.07) is 9.03. The van der Waals surface area contributed by atoms with Crippen LogP contribution in [0.5, 0.6) is 0 Å². The van der Waals surface area contributed by atoms with Gasteiger partial charge in [0.1, 0.15) is 0 Å². The van der Waals surface area contributed by atoms with E-state index >= 15 is 0 Å². The fourth-order valence-corrected chi connectivity index (χ4v) is 2.29. The molecule has 1 aliphatic rings. The van der Waals surface area contributed by atoms with Crippen LogP contribution in [-0.4, -0.2) is 37.5 Å². The Morgan fingerprint density at radius 3 is 2.75 bits per heavy atom. The first-order valence-electron chi connectivity index (χ1n) is 7.00. The Labute approximate surface area is 119 Å². The Morgan fingerprint density at radius 2 is 2.05 bits per heavy atom. The van der Waals surface area contributed by atoms with Gasteiger partial charge in [0.15, 0.2) is 0 Å². The monoisotopic (exact) mass is 275 g/mol. The smallest absolute Gasteiger partial charge is 0.251 e. The molecule has 0 bridgehead atoms. The number of nitrogens with one attached hydrogen (secondary N) is 3. The molecule has 0 aromatic heterocycles. The van der Waals surface area contributed by atoms with Crippen molar-refractivity contribution in [1.29, 1.82) is 0 Å². The Hall–Kier alpha value is -1.88. The summed E-state index contributed by atoms with van der Waals surface area (Å²) in [5.41, 5.74) is 0.563. The number of amides is 2. The minimum atomic E-state index is -0.226. The average Bonchev–Trinajstić information content (AvgIpc) is 2.48. The predicted molar refractivity (Wildman–Crippen MR) is 77.4 cm³/mol. The summed E-state index contributed by atoms with van der Waals surface area (Å²) in [7, 11) is 0. The molecule has 1 heterocycles. The summed E-state index contributed by atoms with van der Waals surface area (Å²) in [6.07, 6.45) is 1.06. The maximum Gasteiger partial charge on any atom is 0.251 e. The molecule has 2 amide bonds. The SMILES string of the molecule is CC1CCNCC1NC(=O)CNC(=O)c1ccccc1. The molecule has 2 rings (SSSR count). The first-order valence-corrected chi connectivity index (χ1v) is 7.00. The minimum Gasteiger partial charge on any atom is -0.350 e. The number of rotatable bonds is 4. The number of piperidine rings is 1. The molecule has 1 aromatic carbocycles. The van der Waals surface area contributed by atoms with Gasteiger partial charge in [-0.1, -0.05) is 25.1 Å². The molecule has 20 heavy (non-hydrogen) atoms. The Morgan fingerprint density at radius 1 is 1.30 bits per heavy atom. The third-order valence-corrected chi connectivity index (χ3v) is 3.62. The van der Waals surface area contributed by atoms with Gasteiger partial charge in [0.05, 0.1) is 6.54 Å². The van der Waals surface area contributed by atoms with Crippen molar-refractivity contribution in [1.82, 2.24) is 16.0 Å². The molecule has 5 nitrogen and oxygen atoms in total. The van der Waals surface area contributed by atoms with Crippen LogP contribution >= 0.6 is 0 Å². The molecule has 108 valence electrons. The summed E-state index contributed by atoms with van der Waals surface area (Å²) in [5.74, 6) is 0.0930. The number of hydrogen-bond donors (Lipinski definition) is 3. The molecule has 1 aliphatic heterocycles.